The van der Waals surface area contributed by atoms with E-state index in [0.717, 1.165) is 23.3 Å². The van der Waals surface area contributed by atoms with Gasteiger partial charge in [0.15, 0.2) is 0 Å². The molecule has 0 bridgehead atoms. The van der Waals surface area contributed by atoms with Crippen LogP contribution in [0.1, 0.15) is 17.7 Å². The Balaban J connectivity index is 1.67. The number of thiophene rings is 1. The van der Waals surface area contributed by atoms with E-state index < -0.39 is 0 Å². The minimum absolute atomic E-state index is 0.311. The lowest BCUT2D eigenvalue weighted by molar-refractivity contribution is 0.623. The molecule has 1 fully saturated rings. The standard InChI is InChI=1S/C10H13Cl2NS/c11-9(7-1-2-7)6-13-5-8-3-4-10(12)14-8/h3-4,7,9,13H,1-2,5-6H2. The molecule has 4 heteroatoms. The van der Waals surface area contributed by atoms with Crippen LogP contribution in [0.4, 0.5) is 0 Å². The molecule has 1 aliphatic rings. The Bertz CT molecular complexity index is 296. The number of alkyl halides is 1. The molecular weight excluding hydrogens is 237 g/mol. The van der Waals surface area contributed by atoms with Crippen molar-refractivity contribution in [2.75, 3.05) is 6.54 Å². The van der Waals surface area contributed by atoms with Gasteiger partial charge in [-0.05, 0) is 30.9 Å². The maximum atomic E-state index is 6.16. The average Bonchev–Trinajstić information content (AvgIpc) is 2.92. The van der Waals surface area contributed by atoms with Crippen LogP contribution in [0.2, 0.25) is 4.34 Å². The van der Waals surface area contributed by atoms with Crippen LogP contribution >= 0.6 is 34.5 Å². The van der Waals surface area contributed by atoms with Crippen molar-refractivity contribution in [2.24, 2.45) is 5.92 Å². The molecule has 1 atom stereocenters. The van der Waals surface area contributed by atoms with E-state index in [-0.39, 0.29) is 0 Å². The van der Waals surface area contributed by atoms with Crippen molar-refractivity contribution in [1.82, 2.24) is 5.32 Å². The van der Waals surface area contributed by atoms with E-state index in [0.29, 0.717) is 5.38 Å². The van der Waals surface area contributed by atoms with Gasteiger partial charge in [0.05, 0.1) is 4.34 Å². The lowest BCUT2D eigenvalue weighted by atomic mass is 10.3. The van der Waals surface area contributed by atoms with Gasteiger partial charge in [0.1, 0.15) is 0 Å². The normalized spacial score (nSPS) is 18.4. The zero-order valence-electron chi connectivity index (χ0n) is 7.80. The summed E-state index contributed by atoms with van der Waals surface area (Å²) in [5.41, 5.74) is 0. The summed E-state index contributed by atoms with van der Waals surface area (Å²) in [5, 5.41) is 3.67. The van der Waals surface area contributed by atoms with Crippen LogP contribution in [0.5, 0.6) is 0 Å². The zero-order chi connectivity index (χ0) is 9.97. The summed E-state index contributed by atoms with van der Waals surface area (Å²) in [7, 11) is 0. The highest BCUT2D eigenvalue weighted by Gasteiger charge is 2.29. The van der Waals surface area contributed by atoms with Crippen molar-refractivity contribution in [1.29, 1.82) is 0 Å². The fourth-order valence-electron chi connectivity index (χ4n) is 1.40. The van der Waals surface area contributed by atoms with Crippen LogP contribution in [0.25, 0.3) is 0 Å². The van der Waals surface area contributed by atoms with Gasteiger partial charge < -0.3 is 5.32 Å². The van der Waals surface area contributed by atoms with Crippen molar-refractivity contribution in [3.05, 3.63) is 21.3 Å². The van der Waals surface area contributed by atoms with Crippen molar-refractivity contribution < 1.29 is 0 Å². The van der Waals surface area contributed by atoms with Crippen LogP contribution < -0.4 is 5.32 Å². The summed E-state index contributed by atoms with van der Waals surface area (Å²) >= 11 is 13.6. The molecule has 78 valence electrons. The van der Waals surface area contributed by atoms with Gasteiger partial charge in [-0.3, -0.25) is 0 Å². The summed E-state index contributed by atoms with van der Waals surface area (Å²) in [4.78, 5) is 1.27. The van der Waals surface area contributed by atoms with Gasteiger partial charge in [0.25, 0.3) is 0 Å². The van der Waals surface area contributed by atoms with Gasteiger partial charge in [-0.1, -0.05) is 11.6 Å². The molecule has 1 unspecified atom stereocenters. The molecule has 14 heavy (non-hydrogen) atoms. The van der Waals surface area contributed by atoms with Crippen LogP contribution in [0.3, 0.4) is 0 Å². The molecule has 1 aromatic heterocycles. The summed E-state index contributed by atoms with van der Waals surface area (Å²) in [5.74, 6) is 0.760. The number of halogens is 2. The molecule has 1 N–H and O–H groups in total. The van der Waals surface area contributed by atoms with E-state index in [1.807, 2.05) is 6.07 Å². The second-order valence-electron chi connectivity index (χ2n) is 3.69. The van der Waals surface area contributed by atoms with Crippen LogP contribution in [-0.2, 0) is 6.54 Å². The topological polar surface area (TPSA) is 12.0 Å². The van der Waals surface area contributed by atoms with E-state index in [4.69, 9.17) is 23.2 Å². The number of hydrogen-bond acceptors (Lipinski definition) is 2. The molecular formula is C10H13Cl2NS. The lowest BCUT2D eigenvalue weighted by Gasteiger charge is -2.08. The number of hydrogen-bond donors (Lipinski definition) is 1. The molecule has 0 aliphatic heterocycles. The first kappa shape index (κ1) is 10.7. The van der Waals surface area contributed by atoms with Crippen molar-refractivity contribution in [3.8, 4) is 0 Å². The van der Waals surface area contributed by atoms with E-state index in [1.54, 1.807) is 11.3 Å². The largest absolute Gasteiger partial charge is 0.310 e. The van der Waals surface area contributed by atoms with Crippen LogP contribution in [0.15, 0.2) is 12.1 Å². The highest BCUT2D eigenvalue weighted by Crippen LogP contribution is 2.35. The minimum atomic E-state index is 0.311. The van der Waals surface area contributed by atoms with Gasteiger partial charge in [-0.15, -0.1) is 22.9 Å². The van der Waals surface area contributed by atoms with Crippen molar-refractivity contribution in [2.45, 2.75) is 24.8 Å². The summed E-state index contributed by atoms with van der Waals surface area (Å²) < 4.78 is 0.853. The molecule has 0 spiro atoms. The van der Waals surface area contributed by atoms with Crippen molar-refractivity contribution >= 4 is 34.5 Å². The monoisotopic (exact) mass is 249 g/mol. The maximum absolute atomic E-state index is 6.16. The minimum Gasteiger partial charge on any atom is -0.310 e. The van der Waals surface area contributed by atoms with Crippen molar-refractivity contribution in [3.63, 3.8) is 0 Å². The Morgan fingerprint density at radius 3 is 2.86 bits per heavy atom. The number of nitrogens with one attached hydrogen (secondary N) is 1. The second kappa shape index (κ2) is 4.84. The third-order valence-electron chi connectivity index (χ3n) is 2.40. The molecule has 0 amide bonds. The Kier molecular flexibility index (Phi) is 3.72. The Morgan fingerprint density at radius 2 is 2.29 bits per heavy atom. The highest BCUT2D eigenvalue weighted by molar-refractivity contribution is 7.16. The molecule has 0 saturated heterocycles. The van der Waals surface area contributed by atoms with Gasteiger partial charge in [0, 0.05) is 23.3 Å². The van der Waals surface area contributed by atoms with Crippen LogP contribution in [0, 0.1) is 5.92 Å². The molecule has 1 saturated carbocycles. The zero-order valence-corrected chi connectivity index (χ0v) is 10.1. The van der Waals surface area contributed by atoms with Gasteiger partial charge in [-0.2, -0.15) is 0 Å². The van der Waals surface area contributed by atoms with E-state index in [1.165, 1.54) is 17.7 Å². The summed E-state index contributed by atoms with van der Waals surface area (Å²) in [6.07, 6.45) is 2.61. The Labute approximate surface area is 98.4 Å². The van der Waals surface area contributed by atoms with Gasteiger partial charge in [0.2, 0.25) is 0 Å². The molecule has 1 heterocycles. The highest BCUT2D eigenvalue weighted by atomic mass is 35.5. The van der Waals surface area contributed by atoms with Crippen LogP contribution in [-0.4, -0.2) is 11.9 Å². The lowest BCUT2D eigenvalue weighted by Crippen LogP contribution is -2.23. The summed E-state index contributed by atoms with van der Waals surface area (Å²) in [6.45, 7) is 1.79. The molecule has 1 nitrogen and oxygen atoms in total. The van der Waals surface area contributed by atoms with Gasteiger partial charge >= 0.3 is 0 Å². The van der Waals surface area contributed by atoms with E-state index in [2.05, 4.69) is 11.4 Å². The van der Waals surface area contributed by atoms with E-state index >= 15 is 0 Å². The Morgan fingerprint density at radius 1 is 1.50 bits per heavy atom. The van der Waals surface area contributed by atoms with Gasteiger partial charge in [-0.25, -0.2) is 0 Å². The average molecular weight is 250 g/mol. The molecule has 1 aliphatic carbocycles. The quantitative estimate of drug-likeness (QED) is 0.788. The predicted molar refractivity (Wildman–Crippen MR) is 63.4 cm³/mol. The van der Waals surface area contributed by atoms with E-state index in [9.17, 15) is 0 Å². The maximum Gasteiger partial charge on any atom is 0.0931 e. The molecule has 1 aromatic rings. The second-order valence-corrected chi connectivity index (χ2v) is 6.05. The molecule has 0 aromatic carbocycles. The first-order valence-electron chi connectivity index (χ1n) is 4.84. The first-order valence-corrected chi connectivity index (χ1v) is 6.48. The fraction of sp³-hybridized carbons (Fsp3) is 0.600. The summed E-state index contributed by atoms with van der Waals surface area (Å²) in [6, 6.07) is 3.99. The first-order chi connectivity index (χ1) is 6.75. The predicted octanol–water partition coefficient (Wildman–Crippen LogP) is 3.51. The SMILES string of the molecule is Clc1ccc(CNCC(Cl)C2CC2)s1. The Hall–Kier alpha value is 0.240. The third kappa shape index (κ3) is 3.13. The fourth-order valence-corrected chi connectivity index (χ4v) is 2.82. The number of rotatable bonds is 5. The third-order valence-corrected chi connectivity index (χ3v) is 4.14. The smallest absolute Gasteiger partial charge is 0.0931 e. The molecule has 2 rings (SSSR count). The molecule has 0 radical (unpaired) electrons.